The van der Waals surface area contributed by atoms with Crippen LogP contribution >= 0.6 is 45.2 Å². The third kappa shape index (κ3) is 5.46. The van der Waals surface area contributed by atoms with Crippen molar-refractivity contribution in [1.82, 2.24) is 0 Å². The molecule has 0 unspecified atom stereocenters. The predicted octanol–water partition coefficient (Wildman–Crippen LogP) is 4.22. The molecule has 0 bridgehead atoms. The van der Waals surface area contributed by atoms with Gasteiger partial charge in [0, 0.05) is 7.16 Å². The molecule has 0 N–H and O–H groups in total. The Morgan fingerprint density at radius 3 is 2.10 bits per heavy atom. The monoisotopic (exact) mass is 360 g/mol. The van der Waals surface area contributed by atoms with Gasteiger partial charge in [0.1, 0.15) is 0 Å². The van der Waals surface area contributed by atoms with Gasteiger partial charge < -0.3 is 0 Å². The molecule has 0 spiro atoms. The lowest BCUT2D eigenvalue weighted by atomic mass is 10.4. The largest absolute Gasteiger partial charge is 0.0866 e. The van der Waals surface area contributed by atoms with Gasteiger partial charge >= 0.3 is 0 Å². The Balaban J connectivity index is 4.16. The quantitative estimate of drug-likeness (QED) is 0.511. The molecule has 56 valence electrons. The molecule has 10 heavy (non-hydrogen) atoms. The topological polar surface area (TPSA) is 0 Å². The number of halogens is 2. The van der Waals surface area contributed by atoms with Crippen LogP contribution in [0.25, 0.3) is 0 Å². The van der Waals surface area contributed by atoms with Crippen molar-refractivity contribution in [3.63, 3.8) is 0 Å². The third-order valence-electron chi connectivity index (χ3n) is 0.877. The zero-order valence-corrected chi connectivity index (χ0v) is 10.4. The lowest BCUT2D eigenvalue weighted by Crippen LogP contribution is -1.63. The molecule has 0 fully saturated rings. The van der Waals surface area contributed by atoms with Crippen LogP contribution < -0.4 is 0 Å². The van der Waals surface area contributed by atoms with Crippen molar-refractivity contribution in [3.05, 3.63) is 31.5 Å². The van der Waals surface area contributed by atoms with E-state index in [2.05, 4.69) is 63.4 Å². The molecule has 0 aromatic carbocycles. The molecule has 0 atom stereocenters. The van der Waals surface area contributed by atoms with Crippen molar-refractivity contribution in [1.29, 1.82) is 0 Å². The van der Waals surface area contributed by atoms with E-state index < -0.39 is 0 Å². The molecule has 0 aromatic rings. The van der Waals surface area contributed by atoms with Crippen LogP contribution in [0, 0.1) is 0 Å². The van der Waals surface area contributed by atoms with Gasteiger partial charge in [0.2, 0.25) is 0 Å². The van der Waals surface area contributed by atoms with Gasteiger partial charge in [0.05, 0.1) is 0 Å². The van der Waals surface area contributed by atoms with Crippen molar-refractivity contribution in [2.24, 2.45) is 0 Å². The van der Waals surface area contributed by atoms with Crippen molar-refractivity contribution in [2.75, 3.05) is 0 Å². The molecular formula is C8H10I2. The van der Waals surface area contributed by atoms with Crippen molar-refractivity contribution in [3.8, 4) is 0 Å². The van der Waals surface area contributed by atoms with Crippen LogP contribution in [0.3, 0.4) is 0 Å². The highest BCUT2D eigenvalue weighted by molar-refractivity contribution is 14.1. The lowest BCUT2D eigenvalue weighted by molar-refractivity contribution is 1.69. The summed E-state index contributed by atoms with van der Waals surface area (Å²) in [7, 11) is 0. The maximum atomic E-state index is 2.31. The van der Waals surface area contributed by atoms with Crippen LogP contribution in [-0.4, -0.2) is 0 Å². The average molecular weight is 360 g/mol. The summed E-state index contributed by atoms with van der Waals surface area (Å²) in [6, 6.07) is 0. The van der Waals surface area contributed by atoms with E-state index in [0.717, 1.165) is 0 Å². The molecule has 0 rings (SSSR count). The highest BCUT2D eigenvalue weighted by atomic mass is 127. The van der Waals surface area contributed by atoms with Gasteiger partial charge in [-0.25, -0.2) is 0 Å². The lowest BCUT2D eigenvalue weighted by Gasteiger charge is -1.88. The Bertz CT molecular complexity index is 176. The fraction of sp³-hybridized carbons (Fsp3) is 0.250. The van der Waals surface area contributed by atoms with E-state index in [9.17, 15) is 0 Å². The minimum atomic E-state index is 1.27. The van der Waals surface area contributed by atoms with Gasteiger partial charge in [0.15, 0.2) is 0 Å². The molecule has 0 saturated heterocycles. The van der Waals surface area contributed by atoms with E-state index in [4.69, 9.17) is 0 Å². The van der Waals surface area contributed by atoms with E-state index in [0.29, 0.717) is 0 Å². The summed E-state index contributed by atoms with van der Waals surface area (Å²) in [5.41, 5.74) is 0. The fourth-order valence-corrected chi connectivity index (χ4v) is 2.05. The fourth-order valence-electron chi connectivity index (χ4n) is 0.422. The van der Waals surface area contributed by atoms with Gasteiger partial charge in [-0.2, -0.15) is 0 Å². The molecule has 0 aliphatic heterocycles. The standard InChI is InChI=1S/C8H10I2/c1-3-5-8(10)6-7(9)4-2/h3-6H,1-2H3/b5-3-,7-4-,8-6-. The highest BCUT2D eigenvalue weighted by Gasteiger charge is 1.84. The highest BCUT2D eigenvalue weighted by Crippen LogP contribution is 2.15. The summed E-state index contributed by atoms with van der Waals surface area (Å²) < 4.78 is 2.54. The van der Waals surface area contributed by atoms with E-state index in [1.54, 1.807) is 0 Å². The first-order valence-corrected chi connectivity index (χ1v) is 5.18. The van der Waals surface area contributed by atoms with Crippen LogP contribution in [0.4, 0.5) is 0 Å². The maximum absolute atomic E-state index is 2.31. The van der Waals surface area contributed by atoms with Crippen LogP contribution in [0.5, 0.6) is 0 Å². The molecule has 0 nitrogen and oxygen atoms in total. The van der Waals surface area contributed by atoms with Crippen molar-refractivity contribution >= 4 is 45.2 Å². The first-order valence-electron chi connectivity index (χ1n) is 3.02. The summed E-state index contributed by atoms with van der Waals surface area (Å²) in [5.74, 6) is 0. The van der Waals surface area contributed by atoms with Gasteiger partial charge in [-0.1, -0.05) is 18.2 Å². The van der Waals surface area contributed by atoms with Crippen LogP contribution in [0.15, 0.2) is 31.5 Å². The summed E-state index contributed by atoms with van der Waals surface area (Å²) in [6.45, 7) is 4.06. The Hall–Kier alpha value is 0.680. The second kappa shape index (κ2) is 6.39. The van der Waals surface area contributed by atoms with Gasteiger partial charge in [-0.3, -0.25) is 0 Å². The molecule has 2 heteroatoms. The van der Waals surface area contributed by atoms with E-state index in [1.807, 2.05) is 19.9 Å². The predicted molar refractivity (Wildman–Crippen MR) is 64.7 cm³/mol. The maximum Gasteiger partial charge on any atom is 0.0137 e. The smallest absolute Gasteiger partial charge is 0.0137 e. The average Bonchev–Trinajstić information content (AvgIpc) is 1.88. The summed E-state index contributed by atoms with van der Waals surface area (Å²) >= 11 is 4.62. The molecule has 0 aliphatic carbocycles. The van der Waals surface area contributed by atoms with E-state index in [1.165, 1.54) is 7.16 Å². The van der Waals surface area contributed by atoms with Crippen LogP contribution in [0.1, 0.15) is 13.8 Å². The Labute approximate surface area is 89.7 Å². The van der Waals surface area contributed by atoms with Crippen LogP contribution in [-0.2, 0) is 0 Å². The summed E-state index contributed by atoms with van der Waals surface area (Å²) in [5, 5.41) is 0. The van der Waals surface area contributed by atoms with Gasteiger partial charge in [-0.05, 0) is 65.1 Å². The van der Waals surface area contributed by atoms with Gasteiger partial charge in [0.25, 0.3) is 0 Å². The molecule has 0 amide bonds. The number of allylic oxidation sites excluding steroid dienone is 6. The Kier molecular flexibility index (Phi) is 6.83. The second-order valence-electron chi connectivity index (χ2n) is 1.70. The number of hydrogen-bond acceptors (Lipinski definition) is 0. The zero-order chi connectivity index (χ0) is 7.98. The normalized spacial score (nSPS) is 14.8. The van der Waals surface area contributed by atoms with E-state index >= 15 is 0 Å². The number of hydrogen-bond donors (Lipinski definition) is 0. The van der Waals surface area contributed by atoms with Crippen molar-refractivity contribution in [2.45, 2.75) is 13.8 Å². The molecule has 0 saturated carbocycles. The van der Waals surface area contributed by atoms with Gasteiger partial charge in [-0.15, -0.1) is 0 Å². The molecule has 0 aromatic heterocycles. The Morgan fingerprint density at radius 2 is 1.70 bits per heavy atom. The minimum absolute atomic E-state index is 1.27. The zero-order valence-electron chi connectivity index (χ0n) is 6.07. The molecule has 0 heterocycles. The van der Waals surface area contributed by atoms with Crippen LogP contribution in [0.2, 0.25) is 0 Å². The second-order valence-corrected chi connectivity index (χ2v) is 4.19. The number of rotatable bonds is 2. The SMILES string of the molecule is C\C=C/C(I)=C/C(I)=C/C. The molecular weight excluding hydrogens is 350 g/mol. The third-order valence-corrected chi connectivity index (χ3v) is 2.48. The summed E-state index contributed by atoms with van der Waals surface area (Å²) in [6.07, 6.45) is 8.35. The summed E-state index contributed by atoms with van der Waals surface area (Å²) in [4.78, 5) is 0. The first-order chi connectivity index (χ1) is 4.70. The molecule has 0 aliphatic rings. The minimum Gasteiger partial charge on any atom is -0.0866 e. The molecule has 0 radical (unpaired) electrons. The van der Waals surface area contributed by atoms with Crippen molar-refractivity contribution < 1.29 is 0 Å². The Morgan fingerprint density at radius 1 is 1.10 bits per heavy atom. The van der Waals surface area contributed by atoms with E-state index in [-0.39, 0.29) is 0 Å². The first kappa shape index (κ1) is 10.7.